The summed E-state index contributed by atoms with van der Waals surface area (Å²) in [6, 6.07) is 11.4. The van der Waals surface area contributed by atoms with Crippen LogP contribution in [0.3, 0.4) is 0 Å². The Morgan fingerprint density at radius 1 is 1.18 bits per heavy atom. The molecule has 0 bridgehead atoms. The van der Waals surface area contributed by atoms with Crippen molar-refractivity contribution in [1.82, 2.24) is 9.97 Å². The normalized spacial score (nSPS) is 10.4. The average Bonchev–Trinajstić information content (AvgIpc) is 2.52. The van der Waals surface area contributed by atoms with Gasteiger partial charge in [-0.25, -0.2) is 9.97 Å². The Kier molecular flexibility index (Phi) is 3.36. The van der Waals surface area contributed by atoms with Gasteiger partial charge in [-0.05, 0) is 36.2 Å². The summed E-state index contributed by atoms with van der Waals surface area (Å²) in [5, 5.41) is 18.8. The Bertz CT molecular complexity index is 914. The molecule has 1 heterocycles. The van der Waals surface area contributed by atoms with Gasteiger partial charge in [0.15, 0.2) is 0 Å². The number of methoxy groups -OCH3 is 1. The van der Waals surface area contributed by atoms with Crippen LogP contribution in [0, 0.1) is 18.3 Å². The number of fused-ring (bicyclic) bond motifs is 1. The summed E-state index contributed by atoms with van der Waals surface area (Å²) in [4.78, 5) is 8.28. The van der Waals surface area contributed by atoms with E-state index in [1.807, 2.05) is 31.2 Å². The van der Waals surface area contributed by atoms with Crippen LogP contribution in [0.4, 0.5) is 0 Å². The Balaban J connectivity index is 2.34. The first kappa shape index (κ1) is 13.8. The van der Waals surface area contributed by atoms with Crippen molar-refractivity contribution in [2.45, 2.75) is 6.92 Å². The molecule has 0 saturated carbocycles. The van der Waals surface area contributed by atoms with Gasteiger partial charge in [-0.3, -0.25) is 0 Å². The second-order valence-electron chi connectivity index (χ2n) is 4.94. The standard InChI is InChI=1S/C17H13N3O2/c1-10-5-12(7-13(6-10)22-2)14-4-3-11(8-18)16-17(14)20-15(21)9-19-16/h3-7,9H,1-2H3,(H,20,21). The highest BCUT2D eigenvalue weighted by atomic mass is 16.5. The smallest absolute Gasteiger partial charge is 0.230 e. The number of aromatic nitrogens is 2. The molecule has 0 spiro atoms. The summed E-state index contributed by atoms with van der Waals surface area (Å²) in [7, 11) is 1.61. The van der Waals surface area contributed by atoms with Gasteiger partial charge in [0.05, 0.1) is 18.9 Å². The van der Waals surface area contributed by atoms with Crippen molar-refractivity contribution in [3.63, 3.8) is 0 Å². The zero-order valence-corrected chi connectivity index (χ0v) is 12.2. The van der Waals surface area contributed by atoms with Crippen molar-refractivity contribution in [2.24, 2.45) is 0 Å². The van der Waals surface area contributed by atoms with E-state index in [2.05, 4.69) is 16.0 Å². The van der Waals surface area contributed by atoms with E-state index in [0.29, 0.717) is 16.6 Å². The molecule has 5 nitrogen and oxygen atoms in total. The lowest BCUT2D eigenvalue weighted by atomic mass is 9.99. The van der Waals surface area contributed by atoms with Crippen LogP contribution in [-0.4, -0.2) is 22.2 Å². The fourth-order valence-electron chi connectivity index (χ4n) is 2.43. The van der Waals surface area contributed by atoms with Crippen LogP contribution >= 0.6 is 0 Å². The molecule has 108 valence electrons. The highest BCUT2D eigenvalue weighted by Gasteiger charge is 2.12. The molecule has 1 aromatic heterocycles. The number of ether oxygens (including phenoxy) is 1. The summed E-state index contributed by atoms with van der Waals surface area (Å²) in [5.74, 6) is 0.559. The molecule has 0 radical (unpaired) electrons. The molecule has 0 aliphatic carbocycles. The van der Waals surface area contributed by atoms with Gasteiger partial charge < -0.3 is 9.84 Å². The predicted octanol–water partition coefficient (Wildman–Crippen LogP) is 3.19. The number of rotatable bonds is 2. The van der Waals surface area contributed by atoms with E-state index >= 15 is 0 Å². The Labute approximate surface area is 127 Å². The number of aryl methyl sites for hydroxylation is 1. The van der Waals surface area contributed by atoms with Crippen molar-refractivity contribution in [3.8, 4) is 28.8 Å². The molecule has 0 aliphatic heterocycles. The Morgan fingerprint density at radius 2 is 2.00 bits per heavy atom. The fourth-order valence-corrected chi connectivity index (χ4v) is 2.43. The van der Waals surface area contributed by atoms with Gasteiger partial charge in [-0.1, -0.05) is 12.1 Å². The van der Waals surface area contributed by atoms with Crippen molar-refractivity contribution in [1.29, 1.82) is 5.26 Å². The first-order valence-electron chi connectivity index (χ1n) is 6.67. The summed E-state index contributed by atoms with van der Waals surface area (Å²) in [6.45, 7) is 1.97. The van der Waals surface area contributed by atoms with Crippen LogP contribution in [0.5, 0.6) is 11.6 Å². The molecular formula is C17H13N3O2. The molecule has 2 aromatic carbocycles. The first-order valence-corrected chi connectivity index (χ1v) is 6.67. The molecule has 3 aromatic rings. The minimum absolute atomic E-state index is 0.177. The lowest BCUT2D eigenvalue weighted by Crippen LogP contribution is -1.93. The van der Waals surface area contributed by atoms with Gasteiger partial charge in [-0.2, -0.15) is 5.26 Å². The summed E-state index contributed by atoms with van der Waals surface area (Å²) >= 11 is 0. The van der Waals surface area contributed by atoms with Crippen LogP contribution in [0.25, 0.3) is 22.2 Å². The van der Waals surface area contributed by atoms with E-state index in [0.717, 1.165) is 22.4 Å². The number of hydrogen-bond acceptors (Lipinski definition) is 5. The molecule has 0 saturated heterocycles. The Hall–Kier alpha value is -3.13. The topological polar surface area (TPSA) is 79.0 Å². The van der Waals surface area contributed by atoms with Crippen molar-refractivity contribution >= 4 is 11.0 Å². The van der Waals surface area contributed by atoms with Crippen LogP contribution in [0.15, 0.2) is 36.5 Å². The summed E-state index contributed by atoms with van der Waals surface area (Å²) in [5.41, 5.74) is 4.11. The third kappa shape index (κ3) is 2.31. The van der Waals surface area contributed by atoms with Crippen LogP contribution in [0.2, 0.25) is 0 Å². The molecule has 22 heavy (non-hydrogen) atoms. The zero-order chi connectivity index (χ0) is 15.7. The second-order valence-corrected chi connectivity index (χ2v) is 4.94. The largest absolute Gasteiger partial charge is 0.497 e. The van der Waals surface area contributed by atoms with Crippen LogP contribution < -0.4 is 4.74 Å². The summed E-state index contributed by atoms with van der Waals surface area (Å²) in [6.07, 6.45) is 1.24. The fraction of sp³-hybridized carbons (Fsp3) is 0.118. The highest BCUT2D eigenvalue weighted by molar-refractivity contribution is 5.95. The molecule has 0 aliphatic rings. The zero-order valence-electron chi connectivity index (χ0n) is 12.2. The average molecular weight is 291 g/mol. The van der Waals surface area contributed by atoms with Gasteiger partial charge in [0.1, 0.15) is 22.9 Å². The van der Waals surface area contributed by atoms with E-state index in [-0.39, 0.29) is 5.88 Å². The number of nitrogens with zero attached hydrogens (tertiary/aromatic N) is 3. The molecule has 5 heteroatoms. The summed E-state index contributed by atoms with van der Waals surface area (Å²) < 4.78 is 5.30. The number of benzene rings is 2. The van der Waals surface area contributed by atoms with Crippen LogP contribution in [-0.2, 0) is 0 Å². The van der Waals surface area contributed by atoms with Gasteiger partial charge in [0.2, 0.25) is 5.88 Å². The number of hydrogen-bond donors (Lipinski definition) is 1. The molecular weight excluding hydrogens is 278 g/mol. The maximum absolute atomic E-state index is 9.64. The maximum atomic E-state index is 9.64. The quantitative estimate of drug-likeness (QED) is 0.784. The van der Waals surface area contributed by atoms with E-state index in [1.165, 1.54) is 6.20 Å². The molecule has 1 N–H and O–H groups in total. The highest BCUT2D eigenvalue weighted by Crippen LogP contribution is 2.32. The third-order valence-electron chi connectivity index (χ3n) is 3.40. The predicted molar refractivity (Wildman–Crippen MR) is 82.6 cm³/mol. The maximum Gasteiger partial charge on any atom is 0.230 e. The SMILES string of the molecule is COc1cc(C)cc(-c2ccc(C#N)c3ncc(O)nc23)c1. The Morgan fingerprint density at radius 3 is 2.73 bits per heavy atom. The van der Waals surface area contributed by atoms with Gasteiger partial charge in [-0.15, -0.1) is 0 Å². The molecule has 0 amide bonds. The monoisotopic (exact) mass is 291 g/mol. The van der Waals surface area contributed by atoms with Crippen molar-refractivity contribution < 1.29 is 9.84 Å². The van der Waals surface area contributed by atoms with E-state index in [4.69, 9.17) is 4.74 Å². The van der Waals surface area contributed by atoms with Gasteiger partial charge in [0, 0.05) is 5.56 Å². The van der Waals surface area contributed by atoms with E-state index < -0.39 is 0 Å². The second kappa shape index (κ2) is 5.34. The lowest BCUT2D eigenvalue weighted by molar-refractivity contribution is 0.414. The van der Waals surface area contributed by atoms with Crippen molar-refractivity contribution in [3.05, 3.63) is 47.7 Å². The minimum Gasteiger partial charge on any atom is -0.497 e. The van der Waals surface area contributed by atoms with E-state index in [9.17, 15) is 10.4 Å². The van der Waals surface area contributed by atoms with Crippen molar-refractivity contribution in [2.75, 3.05) is 7.11 Å². The van der Waals surface area contributed by atoms with Gasteiger partial charge >= 0.3 is 0 Å². The molecule has 3 rings (SSSR count). The third-order valence-corrected chi connectivity index (χ3v) is 3.40. The molecule has 0 fully saturated rings. The molecule has 0 atom stereocenters. The van der Waals surface area contributed by atoms with Crippen LogP contribution in [0.1, 0.15) is 11.1 Å². The molecule has 0 unspecified atom stereocenters. The number of aromatic hydroxyl groups is 1. The lowest BCUT2D eigenvalue weighted by Gasteiger charge is -2.10. The first-order chi connectivity index (χ1) is 10.6. The minimum atomic E-state index is -0.177. The number of nitriles is 1. The van der Waals surface area contributed by atoms with E-state index in [1.54, 1.807) is 13.2 Å². The van der Waals surface area contributed by atoms with Gasteiger partial charge in [0.25, 0.3) is 0 Å².